The van der Waals surface area contributed by atoms with Crippen LogP contribution in [0.1, 0.15) is 15.9 Å². The van der Waals surface area contributed by atoms with Crippen molar-refractivity contribution in [2.45, 2.75) is 6.54 Å². The number of hydrogen-bond acceptors (Lipinski definition) is 4. The summed E-state index contributed by atoms with van der Waals surface area (Å²) in [6.07, 6.45) is 4.74. The molecule has 0 atom stereocenters. The fraction of sp³-hybridized carbons (Fsp3) is 0.130. The van der Waals surface area contributed by atoms with Gasteiger partial charge in [-0.15, -0.1) is 0 Å². The Morgan fingerprint density at radius 1 is 1.09 bits per heavy atom. The number of benzene rings is 1. The lowest BCUT2D eigenvalue weighted by atomic mass is 10.1. The summed E-state index contributed by atoms with van der Waals surface area (Å²) in [5.41, 5.74) is 2.34. The van der Waals surface area contributed by atoms with Crippen LogP contribution in [-0.2, 0) is 6.54 Å². The van der Waals surface area contributed by atoms with Gasteiger partial charge in [-0.1, -0.05) is 30.3 Å². The van der Waals surface area contributed by atoms with Crippen molar-refractivity contribution in [2.24, 2.45) is 0 Å². The van der Waals surface area contributed by atoms with Crippen molar-refractivity contribution in [3.05, 3.63) is 84.1 Å². The third-order valence-corrected chi connectivity index (χ3v) is 4.81. The molecule has 9 heteroatoms. The fourth-order valence-electron chi connectivity index (χ4n) is 3.28. The Morgan fingerprint density at radius 2 is 1.81 bits per heavy atom. The van der Waals surface area contributed by atoms with Gasteiger partial charge in [0.15, 0.2) is 5.82 Å². The lowest BCUT2D eigenvalue weighted by molar-refractivity contribution is 0.0830. The van der Waals surface area contributed by atoms with E-state index in [1.54, 1.807) is 50.8 Å². The maximum Gasteiger partial charge on any atom is 0.319 e. The molecule has 0 radical (unpaired) electrons. The van der Waals surface area contributed by atoms with E-state index in [9.17, 15) is 9.59 Å². The molecule has 2 N–H and O–H groups in total. The maximum absolute atomic E-state index is 15.2. The summed E-state index contributed by atoms with van der Waals surface area (Å²) in [6, 6.07) is 13.3. The molecule has 0 spiro atoms. The van der Waals surface area contributed by atoms with Crippen molar-refractivity contribution in [1.29, 1.82) is 0 Å². The number of carbonyl (C=O) groups excluding carboxylic acids is 2. The number of nitrogens with one attached hydrogen (secondary N) is 2. The molecule has 0 unspecified atom stereocenters. The molecule has 3 heterocycles. The standard InChI is InChI=1S/C23H21FN6O2/c1-29(2)22(31)19-20(16-6-4-3-5-7-16)28-30-14-17(12-18(24)21(19)30)27-23(32)26-13-15-8-10-25-11-9-15/h3-12,14H,13H2,1-2H3,(H2,26,27,32). The van der Waals surface area contributed by atoms with E-state index in [1.807, 2.05) is 18.2 Å². The predicted molar refractivity (Wildman–Crippen MR) is 119 cm³/mol. The molecule has 0 bridgehead atoms. The maximum atomic E-state index is 15.2. The van der Waals surface area contributed by atoms with Crippen LogP contribution >= 0.6 is 0 Å². The minimum absolute atomic E-state index is 0.0466. The van der Waals surface area contributed by atoms with E-state index in [0.29, 0.717) is 17.8 Å². The predicted octanol–water partition coefficient (Wildman–Crippen LogP) is 3.56. The Hall–Kier alpha value is -4.27. The molecule has 8 nitrogen and oxygen atoms in total. The van der Waals surface area contributed by atoms with E-state index in [2.05, 4.69) is 20.7 Å². The van der Waals surface area contributed by atoms with Crippen LogP contribution in [0.5, 0.6) is 0 Å². The molecule has 1 aromatic carbocycles. The van der Waals surface area contributed by atoms with Gasteiger partial charge in [0.25, 0.3) is 5.91 Å². The highest BCUT2D eigenvalue weighted by Crippen LogP contribution is 2.30. The number of fused-ring (bicyclic) bond motifs is 1. The van der Waals surface area contributed by atoms with Crippen molar-refractivity contribution < 1.29 is 14.0 Å². The summed E-state index contributed by atoms with van der Waals surface area (Å²) in [7, 11) is 3.20. The van der Waals surface area contributed by atoms with Crippen LogP contribution in [0.25, 0.3) is 16.8 Å². The number of pyridine rings is 2. The molecule has 32 heavy (non-hydrogen) atoms. The Balaban J connectivity index is 1.67. The van der Waals surface area contributed by atoms with Gasteiger partial charge >= 0.3 is 6.03 Å². The van der Waals surface area contributed by atoms with Crippen molar-refractivity contribution >= 4 is 23.1 Å². The summed E-state index contributed by atoms with van der Waals surface area (Å²) in [5, 5.41) is 9.76. The second-order valence-electron chi connectivity index (χ2n) is 7.32. The lowest BCUT2D eigenvalue weighted by Crippen LogP contribution is -2.28. The first-order chi connectivity index (χ1) is 15.4. The number of anilines is 1. The van der Waals surface area contributed by atoms with E-state index < -0.39 is 11.8 Å². The first kappa shape index (κ1) is 21.0. The SMILES string of the molecule is CN(C)C(=O)c1c(-c2ccccc2)nn2cc(NC(=O)NCc3ccncc3)cc(F)c12. The van der Waals surface area contributed by atoms with E-state index in [1.165, 1.54) is 21.7 Å². The Labute approximate surface area is 183 Å². The zero-order chi connectivity index (χ0) is 22.7. The van der Waals surface area contributed by atoms with Gasteiger partial charge in [0, 0.05) is 44.7 Å². The fourth-order valence-corrected chi connectivity index (χ4v) is 3.28. The van der Waals surface area contributed by atoms with Crippen LogP contribution in [0.4, 0.5) is 14.9 Å². The van der Waals surface area contributed by atoms with Gasteiger partial charge in [-0.2, -0.15) is 5.10 Å². The zero-order valence-electron chi connectivity index (χ0n) is 17.5. The second-order valence-corrected chi connectivity index (χ2v) is 7.32. The number of halogens is 1. The highest BCUT2D eigenvalue weighted by molar-refractivity contribution is 6.06. The van der Waals surface area contributed by atoms with Crippen LogP contribution in [0.3, 0.4) is 0 Å². The summed E-state index contributed by atoms with van der Waals surface area (Å²) < 4.78 is 16.4. The van der Waals surface area contributed by atoms with Crippen LogP contribution in [0, 0.1) is 5.82 Å². The molecule has 0 aliphatic rings. The number of hydrogen-bond donors (Lipinski definition) is 2. The van der Waals surface area contributed by atoms with E-state index in [0.717, 1.165) is 5.56 Å². The van der Waals surface area contributed by atoms with Crippen molar-refractivity contribution in [2.75, 3.05) is 19.4 Å². The number of carbonyl (C=O) groups is 2. The average Bonchev–Trinajstić information content (AvgIpc) is 3.18. The van der Waals surface area contributed by atoms with Crippen LogP contribution < -0.4 is 10.6 Å². The number of amides is 3. The number of rotatable bonds is 5. The minimum atomic E-state index is -0.670. The first-order valence-electron chi connectivity index (χ1n) is 9.86. The number of urea groups is 1. The Kier molecular flexibility index (Phi) is 5.80. The van der Waals surface area contributed by atoms with Gasteiger partial charge in [-0.05, 0) is 17.7 Å². The third kappa shape index (κ3) is 4.27. The van der Waals surface area contributed by atoms with Crippen molar-refractivity contribution in [3.63, 3.8) is 0 Å². The lowest BCUT2D eigenvalue weighted by Gasteiger charge is -2.11. The highest BCUT2D eigenvalue weighted by atomic mass is 19.1. The molecular formula is C23H21FN6O2. The molecular weight excluding hydrogens is 411 g/mol. The smallest absolute Gasteiger partial charge is 0.319 e. The molecule has 0 saturated heterocycles. The molecule has 0 aliphatic heterocycles. The minimum Gasteiger partial charge on any atom is -0.345 e. The van der Waals surface area contributed by atoms with Crippen LogP contribution in [0.15, 0.2) is 67.1 Å². The van der Waals surface area contributed by atoms with E-state index in [4.69, 9.17) is 0 Å². The largest absolute Gasteiger partial charge is 0.345 e. The topological polar surface area (TPSA) is 91.6 Å². The van der Waals surface area contributed by atoms with E-state index in [-0.39, 0.29) is 22.7 Å². The molecule has 3 amide bonds. The van der Waals surface area contributed by atoms with Crippen LogP contribution in [-0.4, -0.2) is 45.5 Å². The van der Waals surface area contributed by atoms with Gasteiger partial charge in [-0.3, -0.25) is 9.78 Å². The zero-order valence-corrected chi connectivity index (χ0v) is 17.5. The second kappa shape index (κ2) is 8.84. The summed E-state index contributed by atoms with van der Waals surface area (Å²) >= 11 is 0. The normalized spacial score (nSPS) is 10.7. The quantitative estimate of drug-likeness (QED) is 0.505. The van der Waals surface area contributed by atoms with Crippen molar-refractivity contribution in [1.82, 2.24) is 24.8 Å². The summed E-state index contributed by atoms with van der Waals surface area (Å²) in [5.74, 6) is -1.04. The van der Waals surface area contributed by atoms with Gasteiger partial charge in [0.05, 0.1) is 17.4 Å². The molecule has 0 aliphatic carbocycles. The Bertz CT molecular complexity index is 1270. The van der Waals surface area contributed by atoms with Gasteiger partial charge in [0.2, 0.25) is 0 Å². The van der Waals surface area contributed by atoms with Gasteiger partial charge < -0.3 is 15.5 Å². The molecule has 4 rings (SSSR count). The summed E-state index contributed by atoms with van der Waals surface area (Å²) in [4.78, 5) is 30.4. The third-order valence-electron chi connectivity index (χ3n) is 4.81. The molecule has 4 aromatic rings. The average molecular weight is 432 g/mol. The molecule has 0 saturated carbocycles. The number of aromatic nitrogens is 3. The van der Waals surface area contributed by atoms with E-state index >= 15 is 4.39 Å². The monoisotopic (exact) mass is 432 g/mol. The Morgan fingerprint density at radius 3 is 2.50 bits per heavy atom. The number of nitrogens with zero attached hydrogens (tertiary/aromatic N) is 4. The molecule has 162 valence electrons. The first-order valence-corrected chi connectivity index (χ1v) is 9.86. The summed E-state index contributed by atoms with van der Waals surface area (Å²) in [6.45, 7) is 0.292. The molecule has 0 fully saturated rings. The van der Waals surface area contributed by atoms with Crippen molar-refractivity contribution in [3.8, 4) is 11.3 Å². The highest BCUT2D eigenvalue weighted by Gasteiger charge is 2.25. The van der Waals surface area contributed by atoms with Crippen LogP contribution in [0.2, 0.25) is 0 Å². The van der Waals surface area contributed by atoms with Gasteiger partial charge in [-0.25, -0.2) is 13.7 Å². The van der Waals surface area contributed by atoms with Gasteiger partial charge in [0.1, 0.15) is 11.2 Å². The molecule has 3 aromatic heterocycles.